The summed E-state index contributed by atoms with van der Waals surface area (Å²) >= 11 is 0. The largest absolute Gasteiger partial charge is 0.491 e. The summed E-state index contributed by atoms with van der Waals surface area (Å²) in [5, 5.41) is 0. The number of aryl methyl sites for hydroxylation is 2. The number of aromatic nitrogens is 2. The quantitative estimate of drug-likeness (QED) is 0.842. The van der Waals surface area contributed by atoms with Crippen molar-refractivity contribution in [2.24, 2.45) is 0 Å². The minimum Gasteiger partial charge on any atom is -0.491 e. The number of hydrogen-bond donors (Lipinski definition) is 0. The SMILES string of the molecule is O=C(c1ccncn1)N1CC(F)(F)C[C@H]1COc1ccc2c(c1)CCC2. The summed E-state index contributed by atoms with van der Waals surface area (Å²) < 4.78 is 33.7. The predicted molar refractivity (Wildman–Crippen MR) is 90.4 cm³/mol. The van der Waals surface area contributed by atoms with Crippen LogP contribution in [0.1, 0.15) is 34.5 Å². The van der Waals surface area contributed by atoms with E-state index in [0.29, 0.717) is 5.75 Å². The van der Waals surface area contributed by atoms with Crippen molar-refractivity contribution in [2.45, 2.75) is 37.6 Å². The molecular weight excluding hydrogens is 340 g/mol. The van der Waals surface area contributed by atoms with Crippen molar-refractivity contribution in [1.29, 1.82) is 0 Å². The standard InChI is InChI=1S/C19H19F2N3O2/c20-19(21)9-15(24(11-19)18(25)17-6-7-22-12-23-17)10-26-16-5-4-13-2-1-3-14(13)8-16/h4-8,12,15H,1-3,9-11H2/t15-/m0/s1. The Labute approximate surface area is 150 Å². The Bertz CT molecular complexity index is 814. The van der Waals surface area contributed by atoms with Crippen LogP contribution in [0, 0.1) is 0 Å². The van der Waals surface area contributed by atoms with Crippen molar-refractivity contribution in [3.05, 3.63) is 53.6 Å². The van der Waals surface area contributed by atoms with Crippen LogP contribution in [0.25, 0.3) is 0 Å². The number of halogens is 2. The fourth-order valence-corrected chi connectivity index (χ4v) is 3.68. The molecule has 4 rings (SSSR count). The van der Waals surface area contributed by atoms with Crippen LogP contribution in [0.3, 0.4) is 0 Å². The van der Waals surface area contributed by atoms with Gasteiger partial charge in [0.25, 0.3) is 11.8 Å². The first-order chi connectivity index (χ1) is 12.5. The lowest BCUT2D eigenvalue weighted by molar-refractivity contribution is 0.0115. The number of carbonyl (C=O) groups excluding carboxylic acids is 1. The molecule has 0 saturated carbocycles. The summed E-state index contributed by atoms with van der Waals surface area (Å²) in [6.07, 6.45) is 5.48. The molecule has 0 radical (unpaired) electrons. The van der Waals surface area contributed by atoms with E-state index in [2.05, 4.69) is 9.97 Å². The predicted octanol–water partition coefficient (Wildman–Crippen LogP) is 2.89. The Morgan fingerprint density at radius 1 is 1.27 bits per heavy atom. The number of benzene rings is 1. The summed E-state index contributed by atoms with van der Waals surface area (Å²) in [5.74, 6) is -2.78. The van der Waals surface area contributed by atoms with Crippen LogP contribution in [0.15, 0.2) is 36.8 Å². The summed E-state index contributed by atoms with van der Waals surface area (Å²) in [6, 6.07) is 6.61. The molecule has 1 atom stereocenters. The Morgan fingerprint density at radius 3 is 2.92 bits per heavy atom. The zero-order valence-electron chi connectivity index (χ0n) is 14.2. The van der Waals surface area contributed by atoms with Crippen LogP contribution in [0.4, 0.5) is 8.78 Å². The van der Waals surface area contributed by atoms with Gasteiger partial charge in [-0.25, -0.2) is 18.7 Å². The highest BCUT2D eigenvalue weighted by Gasteiger charge is 2.47. The maximum Gasteiger partial charge on any atom is 0.273 e. The fraction of sp³-hybridized carbons (Fsp3) is 0.421. The molecule has 1 aliphatic heterocycles. The number of ether oxygens (including phenoxy) is 1. The minimum absolute atomic E-state index is 0.0329. The van der Waals surface area contributed by atoms with Gasteiger partial charge in [0.1, 0.15) is 24.4 Å². The Morgan fingerprint density at radius 2 is 2.12 bits per heavy atom. The maximum atomic E-state index is 13.9. The molecule has 136 valence electrons. The molecule has 2 aliphatic rings. The Hall–Kier alpha value is -2.57. The first kappa shape index (κ1) is 16.9. The van der Waals surface area contributed by atoms with Gasteiger partial charge in [0.15, 0.2) is 0 Å². The highest BCUT2D eigenvalue weighted by molar-refractivity contribution is 5.92. The molecular formula is C19H19F2N3O2. The average Bonchev–Trinajstić information content (AvgIpc) is 3.23. The highest BCUT2D eigenvalue weighted by atomic mass is 19.3. The first-order valence-corrected chi connectivity index (χ1v) is 8.71. The van der Waals surface area contributed by atoms with Crippen LogP contribution in [0.5, 0.6) is 5.75 Å². The second-order valence-corrected chi connectivity index (χ2v) is 6.84. The van der Waals surface area contributed by atoms with Crippen molar-refractivity contribution >= 4 is 5.91 Å². The van der Waals surface area contributed by atoms with Crippen LogP contribution in [-0.2, 0) is 12.8 Å². The summed E-state index contributed by atoms with van der Waals surface area (Å²) in [5.41, 5.74) is 2.69. The van der Waals surface area contributed by atoms with Gasteiger partial charge in [-0.15, -0.1) is 0 Å². The Kier molecular flexibility index (Phi) is 4.30. The van der Waals surface area contributed by atoms with E-state index in [1.165, 1.54) is 29.7 Å². The van der Waals surface area contributed by atoms with E-state index in [0.717, 1.165) is 24.2 Å². The van der Waals surface area contributed by atoms with Gasteiger partial charge in [0.05, 0.1) is 12.6 Å². The van der Waals surface area contributed by atoms with Crippen molar-refractivity contribution in [3.8, 4) is 5.75 Å². The van der Waals surface area contributed by atoms with Crippen molar-refractivity contribution in [2.75, 3.05) is 13.2 Å². The molecule has 0 N–H and O–H groups in total. The van der Waals surface area contributed by atoms with Gasteiger partial charge >= 0.3 is 0 Å². The molecule has 2 aromatic rings. The zero-order chi connectivity index (χ0) is 18.1. The van der Waals surface area contributed by atoms with E-state index < -0.39 is 30.8 Å². The highest BCUT2D eigenvalue weighted by Crippen LogP contribution is 2.33. The van der Waals surface area contributed by atoms with E-state index in [1.807, 2.05) is 18.2 Å². The lowest BCUT2D eigenvalue weighted by Gasteiger charge is -2.23. The minimum atomic E-state index is -2.92. The normalized spacial score (nSPS) is 20.8. The molecule has 26 heavy (non-hydrogen) atoms. The van der Waals surface area contributed by atoms with Crippen molar-refractivity contribution < 1.29 is 18.3 Å². The van der Waals surface area contributed by atoms with Gasteiger partial charge in [0, 0.05) is 12.6 Å². The zero-order valence-corrected chi connectivity index (χ0v) is 14.2. The second kappa shape index (κ2) is 6.63. The topological polar surface area (TPSA) is 55.3 Å². The molecule has 1 aromatic carbocycles. The van der Waals surface area contributed by atoms with Crippen molar-refractivity contribution in [1.82, 2.24) is 14.9 Å². The molecule has 1 amide bonds. The van der Waals surface area contributed by atoms with Crippen LogP contribution >= 0.6 is 0 Å². The maximum absolute atomic E-state index is 13.9. The molecule has 0 spiro atoms. The third-order valence-electron chi connectivity index (χ3n) is 4.95. The van der Waals surface area contributed by atoms with Gasteiger partial charge < -0.3 is 9.64 Å². The van der Waals surface area contributed by atoms with E-state index in [-0.39, 0.29) is 12.3 Å². The van der Waals surface area contributed by atoms with E-state index >= 15 is 0 Å². The molecule has 1 aliphatic carbocycles. The number of alkyl halides is 2. The van der Waals surface area contributed by atoms with Crippen molar-refractivity contribution in [3.63, 3.8) is 0 Å². The molecule has 1 aromatic heterocycles. The van der Waals surface area contributed by atoms with E-state index in [1.54, 1.807) is 0 Å². The van der Waals surface area contributed by atoms with Crippen LogP contribution < -0.4 is 4.74 Å². The van der Waals surface area contributed by atoms with E-state index in [9.17, 15) is 13.6 Å². The average molecular weight is 359 g/mol. The number of fused-ring (bicyclic) bond motifs is 1. The molecule has 2 heterocycles. The fourth-order valence-electron chi connectivity index (χ4n) is 3.68. The molecule has 0 unspecified atom stereocenters. The third kappa shape index (κ3) is 3.38. The number of rotatable bonds is 4. The smallest absolute Gasteiger partial charge is 0.273 e. The summed E-state index contributed by atoms with van der Waals surface area (Å²) in [7, 11) is 0. The summed E-state index contributed by atoms with van der Waals surface area (Å²) in [4.78, 5) is 21.3. The number of likely N-dealkylation sites (tertiary alicyclic amines) is 1. The lowest BCUT2D eigenvalue weighted by Crippen LogP contribution is -2.40. The number of hydrogen-bond acceptors (Lipinski definition) is 4. The first-order valence-electron chi connectivity index (χ1n) is 8.71. The molecule has 5 nitrogen and oxygen atoms in total. The molecule has 0 bridgehead atoms. The van der Waals surface area contributed by atoms with Gasteiger partial charge in [-0.3, -0.25) is 4.79 Å². The number of carbonyl (C=O) groups is 1. The number of nitrogens with zero attached hydrogens (tertiary/aromatic N) is 3. The van der Waals surface area contributed by atoms with Crippen LogP contribution in [-0.4, -0.2) is 45.9 Å². The van der Waals surface area contributed by atoms with Crippen LogP contribution in [0.2, 0.25) is 0 Å². The molecule has 1 fully saturated rings. The summed E-state index contributed by atoms with van der Waals surface area (Å²) in [6.45, 7) is -0.584. The third-order valence-corrected chi connectivity index (χ3v) is 4.95. The van der Waals surface area contributed by atoms with Gasteiger partial charge in [-0.1, -0.05) is 6.07 Å². The van der Waals surface area contributed by atoms with Gasteiger partial charge in [-0.05, 0) is 48.6 Å². The lowest BCUT2D eigenvalue weighted by atomic mass is 10.1. The number of amides is 1. The van der Waals surface area contributed by atoms with Gasteiger partial charge in [0.2, 0.25) is 0 Å². The van der Waals surface area contributed by atoms with Gasteiger partial charge in [-0.2, -0.15) is 0 Å². The Balaban J connectivity index is 1.47. The molecule has 1 saturated heterocycles. The monoisotopic (exact) mass is 359 g/mol. The second-order valence-electron chi connectivity index (χ2n) is 6.84. The molecule has 7 heteroatoms. The van der Waals surface area contributed by atoms with E-state index in [4.69, 9.17) is 4.74 Å².